The van der Waals surface area contributed by atoms with Gasteiger partial charge in [-0.25, -0.2) is 14.4 Å². The van der Waals surface area contributed by atoms with Gasteiger partial charge in [-0.15, -0.1) is 0 Å². The summed E-state index contributed by atoms with van der Waals surface area (Å²) in [4.78, 5) is 29.0. The number of benzene rings is 2. The van der Waals surface area contributed by atoms with E-state index in [-0.39, 0.29) is 23.4 Å². The zero-order valence-corrected chi connectivity index (χ0v) is 21.0. The Kier molecular flexibility index (Phi) is 8.74. The molecule has 190 valence electrons. The predicted molar refractivity (Wildman–Crippen MR) is 139 cm³/mol. The Balaban J connectivity index is 1.97. The van der Waals surface area contributed by atoms with Gasteiger partial charge in [0.25, 0.3) is 0 Å². The quantitative estimate of drug-likeness (QED) is 0.386. The molecular weight excluding hydrogens is 465 g/mol. The van der Waals surface area contributed by atoms with Gasteiger partial charge in [-0.05, 0) is 44.4 Å². The molecule has 2 aromatic carbocycles. The molecule has 10 nitrogen and oxygen atoms in total. The van der Waals surface area contributed by atoms with Crippen molar-refractivity contribution in [3.63, 3.8) is 0 Å². The van der Waals surface area contributed by atoms with Crippen LogP contribution in [0.4, 0.5) is 27.4 Å². The number of rotatable bonds is 11. The lowest BCUT2D eigenvalue weighted by molar-refractivity contribution is -0.111. The van der Waals surface area contributed by atoms with E-state index in [9.17, 15) is 9.18 Å². The molecule has 0 atom stereocenters. The Labute approximate surface area is 209 Å². The molecule has 3 aromatic rings. The second-order valence-electron chi connectivity index (χ2n) is 8.09. The number of carbonyl (C=O) groups excluding carboxylic acids is 1. The van der Waals surface area contributed by atoms with Crippen molar-refractivity contribution >= 4 is 28.9 Å². The third-order valence-electron chi connectivity index (χ3n) is 5.28. The number of aromatic nitrogens is 3. The highest BCUT2D eigenvalue weighted by atomic mass is 19.1. The van der Waals surface area contributed by atoms with Crippen LogP contribution in [-0.2, 0) is 4.79 Å². The minimum absolute atomic E-state index is 0.126. The van der Waals surface area contributed by atoms with E-state index < -0.39 is 5.82 Å². The Hall–Kier alpha value is -4.25. The summed E-state index contributed by atoms with van der Waals surface area (Å²) in [5, 5.41) is 5.96. The molecule has 0 saturated heterocycles. The molecule has 1 heterocycles. The van der Waals surface area contributed by atoms with Gasteiger partial charge in [0.1, 0.15) is 12.1 Å². The maximum Gasteiger partial charge on any atom is 0.247 e. The summed E-state index contributed by atoms with van der Waals surface area (Å²) >= 11 is 0. The van der Waals surface area contributed by atoms with Gasteiger partial charge < -0.3 is 29.9 Å². The maximum absolute atomic E-state index is 14.2. The zero-order valence-electron chi connectivity index (χ0n) is 21.0. The van der Waals surface area contributed by atoms with E-state index in [1.165, 1.54) is 31.6 Å². The number of hydrogen-bond donors (Lipinski definition) is 2. The van der Waals surface area contributed by atoms with Crippen LogP contribution >= 0.6 is 0 Å². The molecule has 11 heteroatoms. The van der Waals surface area contributed by atoms with Crippen LogP contribution in [-0.4, -0.2) is 74.2 Å². The lowest BCUT2D eigenvalue weighted by Crippen LogP contribution is -2.29. The minimum atomic E-state index is -0.525. The minimum Gasteiger partial charge on any atom is -0.494 e. The normalized spacial score (nSPS) is 10.6. The van der Waals surface area contributed by atoms with Crippen molar-refractivity contribution in [3.05, 3.63) is 55.1 Å². The average Bonchev–Trinajstić information content (AvgIpc) is 2.87. The van der Waals surface area contributed by atoms with Crippen molar-refractivity contribution < 1.29 is 18.7 Å². The fourth-order valence-corrected chi connectivity index (χ4v) is 3.33. The van der Waals surface area contributed by atoms with Crippen LogP contribution in [0.3, 0.4) is 0 Å². The first kappa shape index (κ1) is 26.4. The molecule has 0 bridgehead atoms. The highest BCUT2D eigenvalue weighted by molar-refractivity contribution is 6.02. The van der Waals surface area contributed by atoms with Crippen LogP contribution in [0.1, 0.15) is 0 Å². The topological polar surface area (TPSA) is 105 Å². The summed E-state index contributed by atoms with van der Waals surface area (Å²) in [6.45, 7) is 5.07. The molecule has 1 aromatic heterocycles. The van der Waals surface area contributed by atoms with Crippen molar-refractivity contribution in [2.75, 3.05) is 64.0 Å². The van der Waals surface area contributed by atoms with Gasteiger partial charge in [-0.3, -0.25) is 4.79 Å². The number of likely N-dealkylation sites (N-methyl/N-ethyl adjacent to an activating group) is 2. The molecule has 0 aliphatic carbocycles. The average molecular weight is 496 g/mol. The Morgan fingerprint density at radius 3 is 2.44 bits per heavy atom. The Morgan fingerprint density at radius 2 is 1.81 bits per heavy atom. The number of nitrogens with zero attached hydrogens (tertiary/aromatic N) is 5. The summed E-state index contributed by atoms with van der Waals surface area (Å²) < 4.78 is 24.8. The molecule has 1 amide bonds. The number of halogens is 1. The van der Waals surface area contributed by atoms with Gasteiger partial charge in [0.2, 0.25) is 11.9 Å². The van der Waals surface area contributed by atoms with E-state index in [1.54, 1.807) is 19.2 Å². The number of nitrogens with one attached hydrogen (secondary N) is 2. The molecule has 0 radical (unpaired) electrons. The molecule has 0 saturated carbocycles. The number of hydrogen-bond acceptors (Lipinski definition) is 9. The van der Waals surface area contributed by atoms with Crippen molar-refractivity contribution in [2.45, 2.75) is 0 Å². The van der Waals surface area contributed by atoms with Crippen LogP contribution in [0, 0.1) is 5.82 Å². The molecule has 0 unspecified atom stereocenters. The smallest absolute Gasteiger partial charge is 0.247 e. The van der Waals surface area contributed by atoms with Crippen LogP contribution < -0.4 is 25.0 Å². The molecule has 0 spiro atoms. The maximum atomic E-state index is 14.2. The largest absolute Gasteiger partial charge is 0.494 e. The predicted octanol–water partition coefficient (Wildman–Crippen LogP) is 3.56. The van der Waals surface area contributed by atoms with Gasteiger partial charge in [-0.1, -0.05) is 6.58 Å². The SMILES string of the molecule is C=CC(=O)Nc1cc(Nc2ncnc(-c3ccc(OC)c(F)c3)n2)c(OC)cc1N(C)CCN(C)C. The summed E-state index contributed by atoms with van der Waals surface area (Å²) in [5.41, 5.74) is 2.29. The first-order valence-corrected chi connectivity index (χ1v) is 11.1. The molecule has 0 aliphatic rings. The van der Waals surface area contributed by atoms with Crippen molar-refractivity contribution in [2.24, 2.45) is 0 Å². The fraction of sp³-hybridized carbons (Fsp3) is 0.280. The standard InChI is InChI=1S/C25H30FN7O3/c1-7-23(34)29-18-13-19(22(36-6)14-20(18)33(4)11-10-32(2)3)30-25-28-15-27-24(31-25)16-8-9-21(35-5)17(26)12-16/h7-9,12-15H,1,10-11H2,2-6H3,(H,29,34)(H,27,28,30,31). The molecular formula is C25H30FN7O3. The van der Waals surface area contributed by atoms with E-state index in [0.29, 0.717) is 22.7 Å². The van der Waals surface area contributed by atoms with Crippen molar-refractivity contribution in [1.82, 2.24) is 19.9 Å². The van der Waals surface area contributed by atoms with Crippen LogP contribution in [0.15, 0.2) is 49.3 Å². The summed E-state index contributed by atoms with van der Waals surface area (Å²) in [5.74, 6) is 0.245. The number of methoxy groups -OCH3 is 2. The second kappa shape index (κ2) is 11.9. The Bertz CT molecular complexity index is 1240. The van der Waals surface area contributed by atoms with Crippen molar-refractivity contribution in [1.29, 1.82) is 0 Å². The van der Waals surface area contributed by atoms with E-state index in [4.69, 9.17) is 9.47 Å². The summed E-state index contributed by atoms with van der Waals surface area (Å²) in [7, 11) is 8.86. The number of anilines is 4. The molecule has 0 fully saturated rings. The highest BCUT2D eigenvalue weighted by Crippen LogP contribution is 2.38. The summed E-state index contributed by atoms with van der Waals surface area (Å²) in [6, 6.07) is 8.00. The number of amides is 1. The fourth-order valence-electron chi connectivity index (χ4n) is 3.33. The van der Waals surface area contributed by atoms with Crippen LogP contribution in [0.5, 0.6) is 11.5 Å². The zero-order chi connectivity index (χ0) is 26.2. The first-order valence-electron chi connectivity index (χ1n) is 11.1. The molecule has 2 N–H and O–H groups in total. The van der Waals surface area contributed by atoms with Gasteiger partial charge >= 0.3 is 0 Å². The van der Waals surface area contributed by atoms with E-state index in [1.807, 2.05) is 32.1 Å². The van der Waals surface area contributed by atoms with E-state index in [2.05, 4.69) is 37.1 Å². The molecule has 36 heavy (non-hydrogen) atoms. The van der Waals surface area contributed by atoms with Gasteiger partial charge in [-0.2, -0.15) is 4.98 Å². The monoisotopic (exact) mass is 495 g/mol. The Morgan fingerprint density at radius 1 is 1.06 bits per heavy atom. The number of ether oxygens (including phenoxy) is 2. The van der Waals surface area contributed by atoms with E-state index >= 15 is 0 Å². The van der Waals surface area contributed by atoms with Crippen molar-refractivity contribution in [3.8, 4) is 22.9 Å². The van der Waals surface area contributed by atoms with E-state index in [0.717, 1.165) is 18.8 Å². The third-order valence-corrected chi connectivity index (χ3v) is 5.28. The second-order valence-corrected chi connectivity index (χ2v) is 8.09. The van der Waals surface area contributed by atoms with Crippen LogP contribution in [0.25, 0.3) is 11.4 Å². The molecule has 0 aliphatic heterocycles. The third kappa shape index (κ3) is 6.45. The lowest BCUT2D eigenvalue weighted by Gasteiger charge is -2.26. The summed E-state index contributed by atoms with van der Waals surface area (Å²) in [6.07, 6.45) is 2.52. The van der Waals surface area contributed by atoms with Gasteiger partial charge in [0.15, 0.2) is 17.4 Å². The van der Waals surface area contributed by atoms with Crippen LogP contribution in [0.2, 0.25) is 0 Å². The van der Waals surface area contributed by atoms with Gasteiger partial charge in [0, 0.05) is 31.8 Å². The van der Waals surface area contributed by atoms with Gasteiger partial charge in [0.05, 0.1) is 31.3 Å². The lowest BCUT2D eigenvalue weighted by atomic mass is 10.2. The molecule has 3 rings (SSSR count). The highest BCUT2D eigenvalue weighted by Gasteiger charge is 2.17. The number of carbonyl (C=O) groups is 1. The first-order chi connectivity index (χ1) is 17.2.